The Labute approximate surface area is 103 Å². The van der Waals surface area contributed by atoms with Crippen LogP contribution in [0.5, 0.6) is 0 Å². The summed E-state index contributed by atoms with van der Waals surface area (Å²) in [4.78, 5) is 0. The van der Waals surface area contributed by atoms with Gasteiger partial charge in [0.2, 0.25) is 0 Å². The number of benzene rings is 1. The Balaban J connectivity index is 2.07. The number of rotatable bonds is 1. The molecule has 94 valence electrons. The number of hydrogen-bond donors (Lipinski definition) is 1. The minimum absolute atomic E-state index is 0.171. The highest BCUT2D eigenvalue weighted by Gasteiger charge is 2.24. The lowest BCUT2D eigenvalue weighted by atomic mass is 10.0. The van der Waals surface area contributed by atoms with Crippen molar-refractivity contribution in [3.05, 3.63) is 47.2 Å². The van der Waals surface area contributed by atoms with E-state index in [0.717, 1.165) is 30.5 Å². The molecule has 3 rings (SSSR count). The summed E-state index contributed by atoms with van der Waals surface area (Å²) in [5.41, 5.74) is 1.37. The van der Waals surface area contributed by atoms with E-state index < -0.39 is 11.6 Å². The first-order valence-corrected chi connectivity index (χ1v) is 5.90. The third-order valence-electron chi connectivity index (χ3n) is 3.20. The molecule has 0 saturated carbocycles. The van der Waals surface area contributed by atoms with Crippen LogP contribution >= 0.6 is 0 Å². The summed E-state index contributed by atoms with van der Waals surface area (Å²) in [6.45, 7) is 2.65. The second kappa shape index (κ2) is 4.08. The van der Waals surface area contributed by atoms with Crippen LogP contribution in [0, 0.1) is 18.6 Å². The predicted octanol–water partition coefficient (Wildman–Crippen LogP) is 2.87. The van der Waals surface area contributed by atoms with Gasteiger partial charge < -0.3 is 5.32 Å². The third kappa shape index (κ3) is 1.75. The van der Waals surface area contributed by atoms with E-state index in [1.807, 2.05) is 13.0 Å². The van der Waals surface area contributed by atoms with Gasteiger partial charge in [-0.3, -0.25) is 0 Å². The first-order valence-electron chi connectivity index (χ1n) is 5.90. The van der Waals surface area contributed by atoms with Crippen molar-refractivity contribution in [1.29, 1.82) is 0 Å². The topological polar surface area (TPSA) is 29.9 Å². The SMILES string of the molecule is Cc1cc2n(n1)C(c1ccc(F)cc1F)CCN2. The first kappa shape index (κ1) is 11.2. The Morgan fingerprint density at radius 1 is 1.33 bits per heavy atom. The van der Waals surface area contributed by atoms with Crippen molar-refractivity contribution in [2.45, 2.75) is 19.4 Å². The van der Waals surface area contributed by atoms with Crippen LogP contribution in [0.2, 0.25) is 0 Å². The number of hydrogen-bond acceptors (Lipinski definition) is 2. The van der Waals surface area contributed by atoms with Gasteiger partial charge in [0.25, 0.3) is 0 Å². The number of anilines is 1. The maximum absolute atomic E-state index is 13.8. The minimum atomic E-state index is -0.554. The lowest BCUT2D eigenvalue weighted by Gasteiger charge is -2.26. The molecule has 2 heterocycles. The van der Waals surface area contributed by atoms with Gasteiger partial charge in [-0.2, -0.15) is 5.10 Å². The van der Waals surface area contributed by atoms with E-state index in [1.165, 1.54) is 12.1 Å². The molecular formula is C13H13F2N3. The van der Waals surface area contributed by atoms with Gasteiger partial charge in [0.05, 0.1) is 11.7 Å². The Morgan fingerprint density at radius 2 is 2.17 bits per heavy atom. The Kier molecular flexibility index (Phi) is 2.54. The van der Waals surface area contributed by atoms with Gasteiger partial charge in [0.15, 0.2) is 0 Å². The zero-order chi connectivity index (χ0) is 12.7. The molecule has 1 aromatic heterocycles. The van der Waals surface area contributed by atoms with Crippen molar-refractivity contribution in [2.24, 2.45) is 0 Å². The summed E-state index contributed by atoms with van der Waals surface area (Å²) in [6.07, 6.45) is 0.733. The van der Waals surface area contributed by atoms with Gasteiger partial charge in [-0.1, -0.05) is 6.07 Å². The van der Waals surface area contributed by atoms with Crippen molar-refractivity contribution >= 4 is 5.82 Å². The number of fused-ring (bicyclic) bond motifs is 1. The average Bonchev–Trinajstić information content (AvgIpc) is 2.69. The molecule has 1 aromatic carbocycles. The molecule has 1 aliphatic heterocycles. The van der Waals surface area contributed by atoms with Crippen molar-refractivity contribution in [3.63, 3.8) is 0 Å². The van der Waals surface area contributed by atoms with E-state index >= 15 is 0 Å². The molecule has 0 saturated heterocycles. The Hall–Kier alpha value is -1.91. The van der Waals surface area contributed by atoms with Gasteiger partial charge >= 0.3 is 0 Å². The van der Waals surface area contributed by atoms with Crippen LogP contribution in [0.4, 0.5) is 14.6 Å². The second-order valence-electron chi connectivity index (χ2n) is 4.51. The lowest BCUT2D eigenvalue weighted by Crippen LogP contribution is -2.25. The molecule has 0 spiro atoms. The molecular weight excluding hydrogens is 236 g/mol. The molecule has 0 radical (unpaired) electrons. The van der Waals surface area contributed by atoms with Crippen molar-refractivity contribution in [1.82, 2.24) is 9.78 Å². The third-order valence-corrected chi connectivity index (χ3v) is 3.20. The van der Waals surface area contributed by atoms with Crippen LogP contribution in [-0.2, 0) is 0 Å². The first-order chi connectivity index (χ1) is 8.65. The fourth-order valence-electron chi connectivity index (χ4n) is 2.40. The standard InChI is InChI=1S/C13H13F2N3/c1-8-6-13-16-5-4-12(18(13)17-8)10-3-2-9(14)7-11(10)15/h2-3,6-7,12,16H,4-5H2,1H3. The molecule has 1 aliphatic rings. The highest BCUT2D eigenvalue weighted by Crippen LogP contribution is 2.31. The van der Waals surface area contributed by atoms with E-state index in [0.29, 0.717) is 5.56 Å². The summed E-state index contributed by atoms with van der Waals surface area (Å²) in [7, 11) is 0. The van der Waals surface area contributed by atoms with Gasteiger partial charge in [-0.15, -0.1) is 0 Å². The molecule has 1 N–H and O–H groups in total. The van der Waals surface area contributed by atoms with E-state index in [4.69, 9.17) is 0 Å². The molecule has 0 fully saturated rings. The van der Waals surface area contributed by atoms with E-state index in [2.05, 4.69) is 10.4 Å². The molecule has 0 aliphatic carbocycles. The molecule has 0 amide bonds. The summed E-state index contributed by atoms with van der Waals surface area (Å²) in [5, 5.41) is 7.58. The fraction of sp³-hybridized carbons (Fsp3) is 0.308. The van der Waals surface area contributed by atoms with Crippen molar-refractivity contribution < 1.29 is 8.78 Å². The lowest BCUT2D eigenvalue weighted by molar-refractivity contribution is 0.454. The van der Waals surface area contributed by atoms with Crippen molar-refractivity contribution in [3.8, 4) is 0 Å². The van der Waals surface area contributed by atoms with Crippen LogP contribution in [0.15, 0.2) is 24.3 Å². The van der Waals surface area contributed by atoms with E-state index in [9.17, 15) is 8.78 Å². The molecule has 2 aromatic rings. The van der Waals surface area contributed by atoms with E-state index in [-0.39, 0.29) is 6.04 Å². The fourth-order valence-corrected chi connectivity index (χ4v) is 2.40. The van der Waals surface area contributed by atoms with Crippen LogP contribution in [0.25, 0.3) is 0 Å². The van der Waals surface area contributed by atoms with Crippen LogP contribution in [0.1, 0.15) is 23.7 Å². The Bertz CT molecular complexity index is 592. The maximum Gasteiger partial charge on any atom is 0.131 e. The quantitative estimate of drug-likeness (QED) is 0.842. The van der Waals surface area contributed by atoms with Gasteiger partial charge in [-0.25, -0.2) is 13.5 Å². The number of aromatic nitrogens is 2. The number of nitrogens with one attached hydrogen (secondary N) is 1. The summed E-state index contributed by atoms with van der Waals surface area (Å²) < 4.78 is 28.5. The molecule has 1 atom stereocenters. The van der Waals surface area contributed by atoms with Crippen LogP contribution < -0.4 is 5.32 Å². The molecule has 3 nitrogen and oxygen atoms in total. The van der Waals surface area contributed by atoms with Gasteiger partial charge in [-0.05, 0) is 19.4 Å². The largest absolute Gasteiger partial charge is 0.370 e. The Morgan fingerprint density at radius 3 is 2.94 bits per heavy atom. The molecule has 5 heteroatoms. The van der Waals surface area contributed by atoms with Crippen molar-refractivity contribution in [2.75, 3.05) is 11.9 Å². The zero-order valence-electron chi connectivity index (χ0n) is 9.95. The maximum atomic E-state index is 13.8. The molecule has 1 unspecified atom stereocenters. The van der Waals surface area contributed by atoms with Gasteiger partial charge in [0.1, 0.15) is 17.5 Å². The smallest absolute Gasteiger partial charge is 0.131 e. The zero-order valence-corrected chi connectivity index (χ0v) is 9.95. The monoisotopic (exact) mass is 249 g/mol. The number of aryl methyl sites for hydroxylation is 1. The van der Waals surface area contributed by atoms with Crippen LogP contribution in [-0.4, -0.2) is 16.3 Å². The average molecular weight is 249 g/mol. The predicted molar refractivity (Wildman–Crippen MR) is 64.6 cm³/mol. The van der Waals surface area contributed by atoms with E-state index in [1.54, 1.807) is 4.68 Å². The second-order valence-corrected chi connectivity index (χ2v) is 4.51. The van der Waals surface area contributed by atoms with Gasteiger partial charge in [0, 0.05) is 24.2 Å². The minimum Gasteiger partial charge on any atom is -0.370 e. The summed E-state index contributed by atoms with van der Waals surface area (Å²) in [5.74, 6) is -0.185. The number of halogens is 2. The van der Waals surface area contributed by atoms with Crippen LogP contribution in [0.3, 0.4) is 0 Å². The highest BCUT2D eigenvalue weighted by atomic mass is 19.1. The summed E-state index contributed by atoms with van der Waals surface area (Å²) >= 11 is 0. The number of nitrogens with zero attached hydrogens (tertiary/aromatic N) is 2. The highest BCUT2D eigenvalue weighted by molar-refractivity contribution is 5.41. The molecule has 18 heavy (non-hydrogen) atoms. The molecule has 0 bridgehead atoms. The normalized spacial score (nSPS) is 18.3. The summed E-state index contributed by atoms with van der Waals surface area (Å²) in [6, 6.07) is 5.47.